The molecule has 0 saturated heterocycles. The third kappa shape index (κ3) is 1.64. The standard InChI is InChI=1S/C14H10N2O2/c17-14(18)12-8-15-7-11(12)9-3-4-13-10(6-9)2-1-5-16-13/h1-8,15H,(H,17,18). The molecule has 2 N–H and O–H groups in total. The molecule has 0 aliphatic rings. The van der Waals surface area contributed by atoms with Gasteiger partial charge in [-0.25, -0.2) is 4.79 Å². The van der Waals surface area contributed by atoms with E-state index in [-0.39, 0.29) is 5.56 Å². The van der Waals surface area contributed by atoms with Crippen molar-refractivity contribution in [1.29, 1.82) is 0 Å². The zero-order valence-electron chi connectivity index (χ0n) is 9.42. The van der Waals surface area contributed by atoms with E-state index in [4.69, 9.17) is 5.11 Å². The quantitative estimate of drug-likeness (QED) is 0.721. The predicted molar refractivity (Wildman–Crippen MR) is 68.5 cm³/mol. The van der Waals surface area contributed by atoms with Crippen molar-refractivity contribution >= 4 is 16.9 Å². The summed E-state index contributed by atoms with van der Waals surface area (Å²) in [5.41, 5.74) is 2.73. The van der Waals surface area contributed by atoms with Gasteiger partial charge in [0.15, 0.2) is 0 Å². The number of nitrogens with zero attached hydrogens (tertiary/aromatic N) is 1. The van der Waals surface area contributed by atoms with Crippen LogP contribution >= 0.6 is 0 Å². The summed E-state index contributed by atoms with van der Waals surface area (Å²) in [6, 6.07) is 9.53. The van der Waals surface area contributed by atoms with Gasteiger partial charge >= 0.3 is 5.97 Å². The van der Waals surface area contributed by atoms with Crippen LogP contribution in [0.1, 0.15) is 10.4 Å². The van der Waals surface area contributed by atoms with Gasteiger partial charge in [0.25, 0.3) is 0 Å². The average molecular weight is 238 g/mol. The number of benzene rings is 1. The minimum Gasteiger partial charge on any atom is -0.478 e. The summed E-state index contributed by atoms with van der Waals surface area (Å²) in [7, 11) is 0. The van der Waals surface area contributed by atoms with Gasteiger partial charge in [-0.3, -0.25) is 4.98 Å². The Kier molecular flexibility index (Phi) is 2.34. The SMILES string of the molecule is O=C(O)c1c[nH]cc1-c1ccc2ncccc2c1. The van der Waals surface area contributed by atoms with Gasteiger partial charge in [-0.1, -0.05) is 12.1 Å². The number of H-pyrrole nitrogens is 1. The maximum atomic E-state index is 11.1. The summed E-state index contributed by atoms with van der Waals surface area (Å²) in [6.07, 6.45) is 4.92. The van der Waals surface area contributed by atoms with E-state index in [1.54, 1.807) is 12.4 Å². The smallest absolute Gasteiger partial charge is 0.337 e. The molecule has 0 fully saturated rings. The van der Waals surface area contributed by atoms with Crippen molar-refractivity contribution < 1.29 is 9.90 Å². The highest BCUT2D eigenvalue weighted by Crippen LogP contribution is 2.26. The van der Waals surface area contributed by atoms with Crippen LogP contribution in [0.2, 0.25) is 0 Å². The highest BCUT2D eigenvalue weighted by molar-refractivity contribution is 5.97. The molecule has 2 aromatic heterocycles. The second kappa shape index (κ2) is 4.00. The van der Waals surface area contributed by atoms with E-state index < -0.39 is 5.97 Å². The van der Waals surface area contributed by atoms with Crippen LogP contribution in [-0.2, 0) is 0 Å². The number of aromatic amines is 1. The Morgan fingerprint density at radius 3 is 2.94 bits per heavy atom. The molecule has 0 spiro atoms. The molecule has 4 nitrogen and oxygen atoms in total. The number of carbonyl (C=O) groups is 1. The lowest BCUT2D eigenvalue weighted by Crippen LogP contribution is -1.95. The van der Waals surface area contributed by atoms with E-state index in [0.717, 1.165) is 16.5 Å². The highest BCUT2D eigenvalue weighted by atomic mass is 16.4. The van der Waals surface area contributed by atoms with Gasteiger partial charge < -0.3 is 10.1 Å². The van der Waals surface area contributed by atoms with Crippen LogP contribution < -0.4 is 0 Å². The Labute approximate surface area is 103 Å². The van der Waals surface area contributed by atoms with E-state index in [1.165, 1.54) is 6.20 Å². The first-order chi connectivity index (χ1) is 8.75. The molecule has 0 aliphatic carbocycles. The topological polar surface area (TPSA) is 66.0 Å². The van der Waals surface area contributed by atoms with Crippen LogP contribution in [0.5, 0.6) is 0 Å². The lowest BCUT2D eigenvalue weighted by molar-refractivity contribution is 0.0698. The molecule has 1 aromatic carbocycles. The summed E-state index contributed by atoms with van der Waals surface area (Å²) < 4.78 is 0. The molecule has 2 heterocycles. The number of aromatic nitrogens is 2. The molecule has 18 heavy (non-hydrogen) atoms. The summed E-state index contributed by atoms with van der Waals surface area (Å²) >= 11 is 0. The van der Waals surface area contributed by atoms with Crippen LogP contribution in [-0.4, -0.2) is 21.0 Å². The maximum Gasteiger partial charge on any atom is 0.337 e. The number of fused-ring (bicyclic) bond motifs is 1. The lowest BCUT2D eigenvalue weighted by atomic mass is 10.0. The number of hydrogen-bond donors (Lipinski definition) is 2. The monoisotopic (exact) mass is 238 g/mol. The van der Waals surface area contributed by atoms with Gasteiger partial charge in [0.2, 0.25) is 0 Å². The maximum absolute atomic E-state index is 11.1. The third-order valence-corrected chi connectivity index (χ3v) is 2.89. The zero-order chi connectivity index (χ0) is 12.5. The fourth-order valence-electron chi connectivity index (χ4n) is 2.02. The largest absolute Gasteiger partial charge is 0.478 e. The van der Waals surface area contributed by atoms with Crippen molar-refractivity contribution in [2.45, 2.75) is 0 Å². The summed E-state index contributed by atoms with van der Waals surface area (Å²) in [5, 5.41) is 10.1. The molecule has 0 bridgehead atoms. The first-order valence-corrected chi connectivity index (χ1v) is 5.51. The molecule has 88 valence electrons. The van der Waals surface area contributed by atoms with Gasteiger partial charge in [-0.2, -0.15) is 0 Å². The normalized spacial score (nSPS) is 10.7. The Morgan fingerprint density at radius 2 is 2.11 bits per heavy atom. The number of hydrogen-bond acceptors (Lipinski definition) is 2. The minimum absolute atomic E-state index is 0.276. The van der Waals surface area contributed by atoms with Crippen molar-refractivity contribution in [3.8, 4) is 11.1 Å². The van der Waals surface area contributed by atoms with Crippen LogP contribution in [0.3, 0.4) is 0 Å². The predicted octanol–water partition coefficient (Wildman–Crippen LogP) is 2.93. The van der Waals surface area contributed by atoms with E-state index >= 15 is 0 Å². The Bertz CT molecular complexity index is 731. The molecular weight excluding hydrogens is 228 g/mol. The Hall–Kier alpha value is -2.62. The van der Waals surface area contributed by atoms with Crippen LogP contribution in [0.25, 0.3) is 22.0 Å². The lowest BCUT2D eigenvalue weighted by Gasteiger charge is -2.02. The molecule has 0 saturated carbocycles. The molecule has 0 amide bonds. The highest BCUT2D eigenvalue weighted by Gasteiger charge is 2.12. The molecule has 0 aliphatic heterocycles. The second-order valence-corrected chi connectivity index (χ2v) is 4.00. The van der Waals surface area contributed by atoms with E-state index in [0.29, 0.717) is 5.56 Å². The molecule has 0 atom stereocenters. The van der Waals surface area contributed by atoms with Gasteiger partial charge in [0, 0.05) is 29.5 Å². The number of rotatable bonds is 2. The average Bonchev–Trinajstić information content (AvgIpc) is 2.87. The number of aromatic carboxylic acids is 1. The first kappa shape index (κ1) is 10.5. The van der Waals surface area contributed by atoms with Crippen molar-refractivity contribution in [3.05, 3.63) is 54.5 Å². The van der Waals surface area contributed by atoms with Crippen LogP contribution in [0, 0.1) is 0 Å². The molecule has 4 heteroatoms. The second-order valence-electron chi connectivity index (χ2n) is 4.00. The molecule has 3 aromatic rings. The van der Waals surface area contributed by atoms with Crippen LogP contribution in [0.4, 0.5) is 0 Å². The van der Waals surface area contributed by atoms with Gasteiger partial charge in [-0.15, -0.1) is 0 Å². The Morgan fingerprint density at radius 1 is 1.22 bits per heavy atom. The molecular formula is C14H10N2O2. The van der Waals surface area contributed by atoms with E-state index in [9.17, 15) is 4.79 Å². The fourth-order valence-corrected chi connectivity index (χ4v) is 2.02. The zero-order valence-corrected chi connectivity index (χ0v) is 9.42. The number of carboxylic acid groups (broad SMARTS) is 1. The third-order valence-electron chi connectivity index (χ3n) is 2.89. The molecule has 0 radical (unpaired) electrons. The summed E-state index contributed by atoms with van der Waals surface area (Å²) in [4.78, 5) is 18.2. The summed E-state index contributed by atoms with van der Waals surface area (Å²) in [5.74, 6) is -0.933. The Balaban J connectivity index is 2.19. The number of nitrogens with one attached hydrogen (secondary N) is 1. The minimum atomic E-state index is -0.933. The first-order valence-electron chi connectivity index (χ1n) is 5.51. The number of carboxylic acids is 1. The van der Waals surface area contributed by atoms with Crippen molar-refractivity contribution in [2.24, 2.45) is 0 Å². The van der Waals surface area contributed by atoms with E-state index in [2.05, 4.69) is 9.97 Å². The van der Waals surface area contributed by atoms with Crippen molar-refractivity contribution in [3.63, 3.8) is 0 Å². The van der Waals surface area contributed by atoms with Gasteiger partial charge in [0.05, 0.1) is 11.1 Å². The summed E-state index contributed by atoms with van der Waals surface area (Å²) in [6.45, 7) is 0. The number of pyridine rings is 1. The van der Waals surface area contributed by atoms with Gasteiger partial charge in [0.1, 0.15) is 0 Å². The van der Waals surface area contributed by atoms with Crippen molar-refractivity contribution in [1.82, 2.24) is 9.97 Å². The van der Waals surface area contributed by atoms with Gasteiger partial charge in [-0.05, 0) is 23.8 Å². The fraction of sp³-hybridized carbons (Fsp3) is 0. The van der Waals surface area contributed by atoms with Crippen molar-refractivity contribution in [2.75, 3.05) is 0 Å². The molecule has 3 rings (SSSR count). The van der Waals surface area contributed by atoms with E-state index in [1.807, 2.05) is 30.3 Å². The molecule has 0 unspecified atom stereocenters. The van der Waals surface area contributed by atoms with Crippen LogP contribution in [0.15, 0.2) is 48.9 Å².